The highest BCUT2D eigenvalue weighted by atomic mass is 16.6. The zero-order chi connectivity index (χ0) is 13.5. The number of carbonyl (C=O) groups excluding carboxylic acids is 1. The molecule has 1 saturated heterocycles. The zero-order valence-electron chi connectivity index (χ0n) is 11.2. The van der Waals surface area contributed by atoms with Gasteiger partial charge in [0.25, 0.3) is 0 Å². The molecular weight excluding hydrogens is 234 g/mol. The van der Waals surface area contributed by atoms with Crippen molar-refractivity contribution in [2.75, 3.05) is 13.1 Å². The number of ether oxygens (including phenoxy) is 1. The number of likely N-dealkylation sites (tertiary alicyclic amines) is 1. The van der Waals surface area contributed by atoms with Gasteiger partial charge in [-0.1, -0.05) is 0 Å². The van der Waals surface area contributed by atoms with Crippen molar-refractivity contribution in [2.45, 2.75) is 39.2 Å². The Kier molecular flexibility index (Phi) is 3.25. The van der Waals surface area contributed by atoms with Crippen molar-refractivity contribution in [1.82, 2.24) is 4.90 Å². The molecular formula is C13H21NO4. The highest BCUT2D eigenvalue weighted by Gasteiger charge is 2.45. The Morgan fingerprint density at radius 2 is 1.67 bits per heavy atom. The molecule has 0 radical (unpaired) electrons. The maximum Gasteiger partial charge on any atom is 0.410 e. The number of hydrogen-bond donors (Lipinski definition) is 1. The van der Waals surface area contributed by atoms with Crippen molar-refractivity contribution in [3.05, 3.63) is 0 Å². The largest absolute Gasteiger partial charge is 0.481 e. The van der Waals surface area contributed by atoms with E-state index in [-0.39, 0.29) is 12.0 Å². The van der Waals surface area contributed by atoms with E-state index in [2.05, 4.69) is 0 Å². The number of fused-ring (bicyclic) bond motifs is 1. The maximum atomic E-state index is 11.9. The molecule has 18 heavy (non-hydrogen) atoms. The van der Waals surface area contributed by atoms with Crippen LogP contribution in [0.2, 0.25) is 0 Å². The minimum atomic E-state index is -0.701. The molecule has 1 aliphatic heterocycles. The summed E-state index contributed by atoms with van der Waals surface area (Å²) < 4.78 is 5.33. The first-order valence-corrected chi connectivity index (χ1v) is 6.47. The molecule has 1 saturated carbocycles. The molecule has 102 valence electrons. The predicted octanol–water partition coefficient (Wildman–Crippen LogP) is 1.96. The molecule has 0 aromatic rings. The van der Waals surface area contributed by atoms with Gasteiger partial charge < -0.3 is 14.7 Å². The van der Waals surface area contributed by atoms with Crippen LogP contribution in [0.1, 0.15) is 33.6 Å². The quantitative estimate of drug-likeness (QED) is 0.777. The van der Waals surface area contributed by atoms with E-state index in [1.54, 1.807) is 4.90 Å². The van der Waals surface area contributed by atoms with Gasteiger partial charge in [-0.15, -0.1) is 0 Å². The molecule has 0 bridgehead atoms. The van der Waals surface area contributed by atoms with Crippen LogP contribution in [0.15, 0.2) is 0 Å². The van der Waals surface area contributed by atoms with Gasteiger partial charge in [-0.3, -0.25) is 4.79 Å². The molecule has 1 heterocycles. The van der Waals surface area contributed by atoms with Gasteiger partial charge in [0.1, 0.15) is 5.60 Å². The summed E-state index contributed by atoms with van der Waals surface area (Å²) in [6.07, 6.45) is 1.11. The Bertz CT molecular complexity index is 346. The van der Waals surface area contributed by atoms with Crippen LogP contribution in [0, 0.1) is 17.8 Å². The lowest BCUT2D eigenvalue weighted by Gasteiger charge is -2.25. The molecule has 5 heteroatoms. The summed E-state index contributed by atoms with van der Waals surface area (Å²) in [5.74, 6) is -0.258. The summed E-state index contributed by atoms with van der Waals surface area (Å²) in [4.78, 5) is 24.5. The molecule has 1 amide bonds. The Labute approximate surface area is 107 Å². The molecule has 5 nitrogen and oxygen atoms in total. The first kappa shape index (κ1) is 13.2. The highest BCUT2D eigenvalue weighted by Crippen LogP contribution is 2.41. The van der Waals surface area contributed by atoms with Crippen LogP contribution in [0.5, 0.6) is 0 Å². The highest BCUT2D eigenvalue weighted by molar-refractivity contribution is 5.71. The van der Waals surface area contributed by atoms with E-state index < -0.39 is 11.6 Å². The van der Waals surface area contributed by atoms with E-state index in [4.69, 9.17) is 9.84 Å². The zero-order valence-corrected chi connectivity index (χ0v) is 11.2. The van der Waals surface area contributed by atoms with Crippen LogP contribution < -0.4 is 0 Å². The van der Waals surface area contributed by atoms with Crippen molar-refractivity contribution in [3.63, 3.8) is 0 Å². The third-order valence-electron chi connectivity index (χ3n) is 3.75. The molecule has 2 fully saturated rings. The number of carboxylic acids is 1. The fourth-order valence-electron chi connectivity index (χ4n) is 2.98. The van der Waals surface area contributed by atoms with E-state index in [9.17, 15) is 9.59 Å². The van der Waals surface area contributed by atoms with E-state index in [1.165, 1.54) is 0 Å². The van der Waals surface area contributed by atoms with Gasteiger partial charge in [-0.2, -0.15) is 0 Å². The Morgan fingerprint density at radius 1 is 1.17 bits per heavy atom. The summed E-state index contributed by atoms with van der Waals surface area (Å²) in [6.45, 7) is 6.83. The predicted molar refractivity (Wildman–Crippen MR) is 65.1 cm³/mol. The van der Waals surface area contributed by atoms with Crippen LogP contribution >= 0.6 is 0 Å². The van der Waals surface area contributed by atoms with Crippen LogP contribution in [-0.4, -0.2) is 40.8 Å². The second-order valence-corrected chi connectivity index (χ2v) is 6.41. The van der Waals surface area contributed by atoms with Crippen LogP contribution in [0.4, 0.5) is 4.79 Å². The molecule has 2 unspecified atom stereocenters. The van der Waals surface area contributed by atoms with Gasteiger partial charge in [-0.05, 0) is 45.4 Å². The van der Waals surface area contributed by atoms with E-state index in [0.717, 1.165) is 0 Å². The number of hydrogen-bond acceptors (Lipinski definition) is 3. The van der Waals surface area contributed by atoms with Crippen LogP contribution in [0.3, 0.4) is 0 Å². The lowest BCUT2D eigenvalue weighted by molar-refractivity contribution is -0.141. The number of carbonyl (C=O) groups is 2. The number of aliphatic carboxylic acids is 1. The average molecular weight is 255 g/mol. The Hall–Kier alpha value is -1.26. The summed E-state index contributed by atoms with van der Waals surface area (Å²) in [6, 6.07) is 0. The Morgan fingerprint density at radius 3 is 2.06 bits per heavy atom. The lowest BCUT2D eigenvalue weighted by atomic mass is 10.0. The van der Waals surface area contributed by atoms with Gasteiger partial charge in [0.2, 0.25) is 0 Å². The van der Waals surface area contributed by atoms with Gasteiger partial charge in [0.15, 0.2) is 0 Å². The molecule has 1 N–H and O–H groups in total. The van der Waals surface area contributed by atoms with E-state index in [0.29, 0.717) is 37.8 Å². The van der Waals surface area contributed by atoms with Crippen molar-refractivity contribution in [3.8, 4) is 0 Å². The molecule has 2 aliphatic rings. The minimum absolute atomic E-state index is 0.221. The number of rotatable bonds is 1. The fourth-order valence-corrected chi connectivity index (χ4v) is 2.98. The Balaban J connectivity index is 1.89. The van der Waals surface area contributed by atoms with Gasteiger partial charge >= 0.3 is 12.1 Å². The molecule has 0 aromatic carbocycles. The number of amides is 1. The standard InChI is InChI=1S/C13H21NO4/c1-13(2,3)18-12(17)14-6-9-4-8(11(15)16)5-10(9)7-14/h8-10H,4-7H2,1-3H3,(H,15,16)/t8?,9-,10?/m1/s1. The minimum Gasteiger partial charge on any atom is -0.481 e. The van der Waals surface area contributed by atoms with Crippen molar-refractivity contribution in [2.24, 2.45) is 17.8 Å². The second kappa shape index (κ2) is 4.44. The second-order valence-electron chi connectivity index (χ2n) is 6.41. The normalized spacial score (nSPS) is 31.3. The van der Waals surface area contributed by atoms with E-state index >= 15 is 0 Å². The maximum absolute atomic E-state index is 11.9. The summed E-state index contributed by atoms with van der Waals surface area (Å²) in [5, 5.41) is 8.99. The topological polar surface area (TPSA) is 66.8 Å². The van der Waals surface area contributed by atoms with Gasteiger partial charge in [0, 0.05) is 13.1 Å². The number of carboxylic acid groups (broad SMARTS) is 1. The summed E-state index contributed by atoms with van der Waals surface area (Å²) in [7, 11) is 0. The van der Waals surface area contributed by atoms with Crippen molar-refractivity contribution < 1.29 is 19.4 Å². The first-order chi connectivity index (χ1) is 8.26. The number of nitrogens with zero attached hydrogens (tertiary/aromatic N) is 1. The molecule has 3 atom stereocenters. The first-order valence-electron chi connectivity index (χ1n) is 6.47. The summed E-state index contributed by atoms with van der Waals surface area (Å²) in [5.41, 5.74) is -0.474. The fraction of sp³-hybridized carbons (Fsp3) is 0.846. The van der Waals surface area contributed by atoms with Gasteiger partial charge in [0.05, 0.1) is 5.92 Å². The summed E-state index contributed by atoms with van der Waals surface area (Å²) >= 11 is 0. The van der Waals surface area contributed by atoms with Crippen LogP contribution in [0.25, 0.3) is 0 Å². The smallest absolute Gasteiger partial charge is 0.410 e. The molecule has 2 rings (SSSR count). The van der Waals surface area contributed by atoms with Gasteiger partial charge in [-0.25, -0.2) is 4.79 Å². The van der Waals surface area contributed by atoms with Crippen LogP contribution in [-0.2, 0) is 9.53 Å². The van der Waals surface area contributed by atoms with Crippen molar-refractivity contribution >= 4 is 12.1 Å². The molecule has 0 aromatic heterocycles. The molecule has 1 aliphatic carbocycles. The molecule has 0 spiro atoms. The SMILES string of the molecule is CC(C)(C)OC(=O)N1CC2CC(C(=O)O)C[C@@H]2C1. The third-order valence-corrected chi connectivity index (χ3v) is 3.75. The lowest BCUT2D eigenvalue weighted by Crippen LogP contribution is -2.36. The van der Waals surface area contributed by atoms with Crippen molar-refractivity contribution in [1.29, 1.82) is 0 Å². The average Bonchev–Trinajstić information content (AvgIpc) is 2.69. The van der Waals surface area contributed by atoms with E-state index in [1.807, 2.05) is 20.8 Å². The third kappa shape index (κ3) is 2.76. The monoisotopic (exact) mass is 255 g/mol.